The highest BCUT2D eigenvalue weighted by atomic mass is 32.1. The zero-order chi connectivity index (χ0) is 19.7. The Bertz CT molecular complexity index is 1050. The number of nitrogens with one attached hydrogen (secondary N) is 1. The molecule has 0 aliphatic carbocycles. The first-order valence-corrected chi connectivity index (χ1v) is 8.67. The Kier molecular flexibility index (Phi) is 4.87. The van der Waals surface area contributed by atoms with Crippen LogP contribution in [-0.2, 0) is 4.74 Å². The van der Waals surface area contributed by atoms with Gasteiger partial charge in [0.15, 0.2) is 5.13 Å². The minimum Gasteiger partial charge on any atom is -0.465 e. The molecule has 0 aliphatic heterocycles. The number of nitro groups is 1. The predicted octanol–water partition coefficient (Wildman–Crippen LogP) is 3.86. The summed E-state index contributed by atoms with van der Waals surface area (Å²) in [5.74, 6) is -1.36. The van der Waals surface area contributed by atoms with Crippen molar-refractivity contribution >= 4 is 44.2 Å². The third-order valence-electron chi connectivity index (χ3n) is 3.97. The van der Waals surface area contributed by atoms with Crippen LogP contribution in [-0.4, -0.2) is 28.9 Å². The zero-order valence-electron chi connectivity index (χ0n) is 14.7. The van der Waals surface area contributed by atoms with Crippen LogP contribution in [0.2, 0.25) is 0 Å². The summed E-state index contributed by atoms with van der Waals surface area (Å²) in [6.45, 7) is 3.88. The molecule has 0 saturated heterocycles. The fraction of sp³-hybridized carbons (Fsp3) is 0.167. The lowest BCUT2D eigenvalue weighted by molar-refractivity contribution is -0.384. The predicted molar refractivity (Wildman–Crippen MR) is 101 cm³/mol. The first-order chi connectivity index (χ1) is 12.8. The fourth-order valence-corrected chi connectivity index (χ4v) is 3.57. The molecule has 0 unspecified atom stereocenters. The Morgan fingerprint density at radius 3 is 2.44 bits per heavy atom. The normalized spacial score (nSPS) is 10.6. The molecule has 2 aromatic carbocycles. The molecule has 138 valence electrons. The minimum absolute atomic E-state index is 0.0303. The van der Waals surface area contributed by atoms with Crippen molar-refractivity contribution in [2.75, 3.05) is 12.4 Å². The lowest BCUT2D eigenvalue weighted by Crippen LogP contribution is -2.13. The Morgan fingerprint density at radius 2 is 1.81 bits per heavy atom. The van der Waals surface area contributed by atoms with Gasteiger partial charge in [0.2, 0.25) is 0 Å². The molecule has 0 radical (unpaired) electrons. The molecule has 3 aromatic rings. The summed E-state index contributed by atoms with van der Waals surface area (Å²) in [5, 5.41) is 14.1. The van der Waals surface area contributed by atoms with Crippen LogP contribution in [0, 0.1) is 24.0 Å². The number of nitrogens with zero attached hydrogens (tertiary/aromatic N) is 2. The third kappa shape index (κ3) is 3.63. The molecule has 0 aliphatic rings. The van der Waals surface area contributed by atoms with Gasteiger partial charge in [0.05, 0.1) is 27.8 Å². The summed E-state index contributed by atoms with van der Waals surface area (Å²) < 4.78 is 5.54. The number of aryl methyl sites for hydroxylation is 2. The maximum Gasteiger partial charge on any atom is 0.338 e. The molecule has 0 atom stereocenters. The average molecular weight is 385 g/mol. The number of amides is 1. The van der Waals surface area contributed by atoms with E-state index in [4.69, 9.17) is 0 Å². The van der Waals surface area contributed by atoms with E-state index in [-0.39, 0.29) is 16.8 Å². The summed E-state index contributed by atoms with van der Waals surface area (Å²) in [7, 11) is 1.16. The van der Waals surface area contributed by atoms with Crippen molar-refractivity contribution in [2.45, 2.75) is 13.8 Å². The SMILES string of the molecule is COC(=O)c1cc(C(=O)Nc2nc3c(C)ccc(C)c3s2)cc([N+](=O)[O-])c1. The van der Waals surface area contributed by atoms with Gasteiger partial charge < -0.3 is 4.74 Å². The van der Waals surface area contributed by atoms with Crippen LogP contribution in [0.4, 0.5) is 10.8 Å². The van der Waals surface area contributed by atoms with Gasteiger partial charge in [0.1, 0.15) is 0 Å². The van der Waals surface area contributed by atoms with Gasteiger partial charge in [-0.3, -0.25) is 20.2 Å². The number of non-ortho nitro benzene ring substituents is 1. The molecule has 1 amide bonds. The number of hydrogen-bond donors (Lipinski definition) is 1. The van der Waals surface area contributed by atoms with Gasteiger partial charge in [-0.05, 0) is 31.0 Å². The number of carbonyl (C=O) groups is 2. The summed E-state index contributed by atoms with van der Waals surface area (Å²) in [4.78, 5) is 39.2. The summed E-state index contributed by atoms with van der Waals surface area (Å²) in [6, 6.07) is 7.34. The Morgan fingerprint density at radius 1 is 1.15 bits per heavy atom. The third-order valence-corrected chi connectivity index (χ3v) is 5.08. The van der Waals surface area contributed by atoms with Crippen LogP contribution < -0.4 is 5.32 Å². The topological polar surface area (TPSA) is 111 Å². The van der Waals surface area contributed by atoms with Crippen molar-refractivity contribution in [3.05, 3.63) is 62.7 Å². The zero-order valence-corrected chi connectivity index (χ0v) is 15.5. The molecule has 0 saturated carbocycles. The van der Waals surface area contributed by atoms with Gasteiger partial charge in [-0.1, -0.05) is 23.5 Å². The van der Waals surface area contributed by atoms with Crippen LogP contribution in [0.1, 0.15) is 31.8 Å². The Labute approximate surface area is 157 Å². The van der Waals surface area contributed by atoms with E-state index in [1.165, 1.54) is 17.4 Å². The number of esters is 1. The van der Waals surface area contributed by atoms with Gasteiger partial charge in [-0.25, -0.2) is 9.78 Å². The monoisotopic (exact) mass is 385 g/mol. The molecular weight excluding hydrogens is 370 g/mol. The van der Waals surface area contributed by atoms with Gasteiger partial charge in [0, 0.05) is 17.7 Å². The first-order valence-electron chi connectivity index (χ1n) is 7.86. The number of benzene rings is 2. The largest absolute Gasteiger partial charge is 0.465 e. The van der Waals surface area contributed by atoms with Crippen LogP contribution in [0.3, 0.4) is 0 Å². The number of aromatic nitrogens is 1. The number of thiazole rings is 1. The molecule has 0 bridgehead atoms. The van der Waals surface area contributed by atoms with Gasteiger partial charge in [0.25, 0.3) is 11.6 Å². The minimum atomic E-state index is -0.765. The van der Waals surface area contributed by atoms with E-state index < -0.39 is 16.8 Å². The van der Waals surface area contributed by atoms with E-state index in [1.807, 2.05) is 26.0 Å². The van der Waals surface area contributed by atoms with E-state index in [1.54, 1.807) is 0 Å². The first kappa shape index (κ1) is 18.5. The number of hydrogen-bond acceptors (Lipinski definition) is 7. The summed E-state index contributed by atoms with van der Waals surface area (Å²) in [5.41, 5.74) is 2.33. The molecule has 0 spiro atoms. The van der Waals surface area contributed by atoms with Crippen molar-refractivity contribution in [3.63, 3.8) is 0 Å². The second-order valence-electron chi connectivity index (χ2n) is 5.87. The average Bonchev–Trinajstić information content (AvgIpc) is 3.08. The van der Waals surface area contributed by atoms with Crippen molar-refractivity contribution in [1.29, 1.82) is 0 Å². The number of methoxy groups -OCH3 is 1. The standard InChI is InChI=1S/C18H15N3O5S/c1-9-4-5-10(2)15-14(9)19-18(27-15)20-16(22)11-6-12(17(23)26-3)8-13(7-11)21(24)25/h4-8H,1-3H3,(H,19,20,22). The quantitative estimate of drug-likeness (QED) is 0.415. The molecule has 8 nitrogen and oxygen atoms in total. The van der Waals surface area contributed by atoms with E-state index >= 15 is 0 Å². The van der Waals surface area contributed by atoms with Crippen molar-refractivity contribution in [1.82, 2.24) is 4.98 Å². The second kappa shape index (κ2) is 7.12. The molecule has 1 heterocycles. The molecular formula is C18H15N3O5S. The summed E-state index contributed by atoms with van der Waals surface area (Å²) in [6.07, 6.45) is 0. The van der Waals surface area contributed by atoms with E-state index in [0.29, 0.717) is 5.13 Å². The van der Waals surface area contributed by atoms with E-state index in [9.17, 15) is 19.7 Å². The molecule has 0 fully saturated rings. The van der Waals surface area contributed by atoms with Gasteiger partial charge in [-0.15, -0.1) is 0 Å². The van der Waals surface area contributed by atoms with Crippen molar-refractivity contribution in [3.8, 4) is 0 Å². The van der Waals surface area contributed by atoms with Gasteiger partial charge in [-0.2, -0.15) is 0 Å². The van der Waals surface area contributed by atoms with E-state index in [2.05, 4.69) is 15.0 Å². The highest BCUT2D eigenvalue weighted by Crippen LogP contribution is 2.31. The van der Waals surface area contributed by atoms with Crippen LogP contribution >= 0.6 is 11.3 Å². The lowest BCUT2D eigenvalue weighted by Gasteiger charge is -2.05. The number of nitro benzene ring substituents is 1. The number of anilines is 1. The smallest absolute Gasteiger partial charge is 0.338 e. The maximum absolute atomic E-state index is 12.6. The van der Waals surface area contributed by atoms with Crippen LogP contribution in [0.5, 0.6) is 0 Å². The summed E-state index contributed by atoms with van der Waals surface area (Å²) >= 11 is 1.32. The van der Waals surface area contributed by atoms with E-state index in [0.717, 1.165) is 40.6 Å². The molecule has 1 aromatic heterocycles. The van der Waals surface area contributed by atoms with Crippen LogP contribution in [0.15, 0.2) is 30.3 Å². The molecule has 1 N–H and O–H groups in total. The molecule has 9 heteroatoms. The van der Waals surface area contributed by atoms with Gasteiger partial charge >= 0.3 is 5.97 Å². The highest BCUT2D eigenvalue weighted by molar-refractivity contribution is 7.22. The Balaban J connectivity index is 1.97. The van der Waals surface area contributed by atoms with Crippen molar-refractivity contribution in [2.24, 2.45) is 0 Å². The molecule has 3 rings (SSSR count). The number of rotatable bonds is 4. The maximum atomic E-state index is 12.6. The number of fused-ring (bicyclic) bond motifs is 1. The van der Waals surface area contributed by atoms with Crippen LogP contribution in [0.25, 0.3) is 10.2 Å². The number of carbonyl (C=O) groups excluding carboxylic acids is 2. The lowest BCUT2D eigenvalue weighted by atomic mass is 10.1. The second-order valence-corrected chi connectivity index (χ2v) is 6.87. The van der Waals surface area contributed by atoms with Crippen molar-refractivity contribution < 1.29 is 19.2 Å². The number of ether oxygens (including phenoxy) is 1. The fourth-order valence-electron chi connectivity index (χ4n) is 2.57. The Hall–Kier alpha value is -3.33. The molecule has 27 heavy (non-hydrogen) atoms. The highest BCUT2D eigenvalue weighted by Gasteiger charge is 2.19.